The molecule has 0 N–H and O–H groups in total. The second-order valence-corrected chi connectivity index (χ2v) is 3.20. The van der Waals surface area contributed by atoms with Crippen LogP contribution in [0.25, 0.3) is 0 Å². The second kappa shape index (κ2) is 6.55. The van der Waals surface area contributed by atoms with E-state index >= 15 is 0 Å². The minimum absolute atomic E-state index is 0.0324. The molecule has 0 aliphatic carbocycles. The number of hydrogen-bond acceptors (Lipinski definition) is 4. The number of hydrogen-bond donors (Lipinski definition) is 0. The number of rotatable bonds is 2. The van der Waals surface area contributed by atoms with Crippen molar-refractivity contribution in [1.29, 1.82) is 0 Å². The lowest BCUT2D eigenvalue weighted by Crippen LogP contribution is -2.36. The summed E-state index contributed by atoms with van der Waals surface area (Å²) >= 11 is 0. The average Bonchev–Trinajstić information content (AvgIpc) is 2.58. The third-order valence-corrected chi connectivity index (χ3v) is 1.73. The number of methoxy groups -OCH3 is 1. The number of carbonyl (C=O) groups excluding carboxylic acids is 3. The van der Waals surface area contributed by atoms with Crippen LogP contribution in [0.15, 0.2) is 24.8 Å². The van der Waals surface area contributed by atoms with Crippen LogP contribution in [0.1, 0.15) is 13.8 Å². The Hall–Kier alpha value is -1.91. The summed E-state index contributed by atoms with van der Waals surface area (Å²) in [5.74, 6) is -0.810. The highest BCUT2D eigenvalue weighted by molar-refractivity contribution is 6.13. The smallest absolute Gasteiger partial charge is 0.329 e. The lowest BCUT2D eigenvalue weighted by molar-refractivity contribution is -0.138. The number of esters is 1. The molecular weight excluding hydrogens is 210 g/mol. The molecule has 16 heavy (non-hydrogen) atoms. The van der Waals surface area contributed by atoms with Crippen molar-refractivity contribution in [2.45, 2.75) is 19.9 Å². The van der Waals surface area contributed by atoms with Crippen LogP contribution in [0.4, 0.5) is 0 Å². The van der Waals surface area contributed by atoms with Crippen LogP contribution < -0.4 is 0 Å². The van der Waals surface area contributed by atoms with Crippen molar-refractivity contribution in [3.05, 3.63) is 24.8 Å². The molecule has 0 fully saturated rings. The standard InChI is InChI=1S/C7H9NO2.C4H6O2/c1-5(2)8-6(9)3-4-7(8)10;1-3-4(5)6-2/h3-5H,1-2H3;3H,1H2,2H3. The second-order valence-electron chi connectivity index (χ2n) is 3.20. The van der Waals surface area contributed by atoms with Crippen molar-refractivity contribution in [1.82, 2.24) is 4.90 Å². The molecule has 0 spiro atoms. The van der Waals surface area contributed by atoms with Crippen LogP contribution in [0.2, 0.25) is 0 Å². The van der Waals surface area contributed by atoms with Crippen LogP contribution in [0.3, 0.4) is 0 Å². The summed E-state index contributed by atoms with van der Waals surface area (Å²) in [6.07, 6.45) is 3.70. The molecule has 0 aromatic rings. The fourth-order valence-electron chi connectivity index (χ4n) is 1.00. The zero-order valence-corrected chi connectivity index (χ0v) is 9.60. The summed E-state index contributed by atoms with van der Waals surface area (Å²) in [4.78, 5) is 32.8. The average molecular weight is 225 g/mol. The van der Waals surface area contributed by atoms with E-state index < -0.39 is 5.97 Å². The van der Waals surface area contributed by atoms with E-state index in [4.69, 9.17) is 0 Å². The maximum Gasteiger partial charge on any atom is 0.329 e. The van der Waals surface area contributed by atoms with Gasteiger partial charge in [0.25, 0.3) is 11.8 Å². The van der Waals surface area contributed by atoms with Gasteiger partial charge in [0.05, 0.1) is 7.11 Å². The molecule has 5 heteroatoms. The van der Waals surface area contributed by atoms with Gasteiger partial charge in [-0.15, -0.1) is 0 Å². The molecule has 0 saturated carbocycles. The summed E-state index contributed by atoms with van der Waals surface area (Å²) in [7, 11) is 1.31. The van der Waals surface area contributed by atoms with Gasteiger partial charge in [-0.3, -0.25) is 14.5 Å². The molecule has 1 aliphatic rings. The molecule has 0 unspecified atom stereocenters. The van der Waals surface area contributed by atoms with Gasteiger partial charge in [-0.05, 0) is 13.8 Å². The summed E-state index contributed by atoms with van der Waals surface area (Å²) in [6.45, 7) is 6.77. The SMILES string of the molecule is C=CC(=O)OC.CC(C)N1C(=O)C=CC1=O. The summed E-state index contributed by atoms with van der Waals surface area (Å²) < 4.78 is 4.14. The Morgan fingerprint density at radius 1 is 1.38 bits per heavy atom. The Labute approximate surface area is 94.4 Å². The summed E-state index contributed by atoms with van der Waals surface area (Å²) in [5, 5.41) is 0. The lowest BCUT2D eigenvalue weighted by atomic mass is 10.3. The van der Waals surface area contributed by atoms with E-state index in [1.165, 1.54) is 24.2 Å². The van der Waals surface area contributed by atoms with Gasteiger partial charge in [0.1, 0.15) is 0 Å². The fourth-order valence-corrected chi connectivity index (χ4v) is 1.00. The van der Waals surface area contributed by atoms with E-state index in [9.17, 15) is 14.4 Å². The topological polar surface area (TPSA) is 63.7 Å². The van der Waals surface area contributed by atoms with E-state index in [2.05, 4.69) is 11.3 Å². The molecule has 88 valence electrons. The molecule has 0 atom stereocenters. The van der Waals surface area contributed by atoms with E-state index in [0.29, 0.717) is 0 Å². The molecule has 0 radical (unpaired) electrons. The monoisotopic (exact) mass is 225 g/mol. The highest BCUT2D eigenvalue weighted by Gasteiger charge is 2.25. The first-order chi connectivity index (χ1) is 7.43. The number of nitrogens with zero attached hydrogens (tertiary/aromatic N) is 1. The van der Waals surface area contributed by atoms with Gasteiger partial charge >= 0.3 is 5.97 Å². The lowest BCUT2D eigenvalue weighted by Gasteiger charge is -2.17. The van der Waals surface area contributed by atoms with Crippen LogP contribution in [-0.2, 0) is 19.1 Å². The van der Waals surface area contributed by atoms with Gasteiger partial charge in [-0.2, -0.15) is 0 Å². The van der Waals surface area contributed by atoms with E-state index in [1.807, 2.05) is 13.8 Å². The van der Waals surface area contributed by atoms with Gasteiger partial charge in [-0.1, -0.05) is 6.58 Å². The maximum absolute atomic E-state index is 10.8. The van der Waals surface area contributed by atoms with Crippen molar-refractivity contribution in [3.63, 3.8) is 0 Å². The van der Waals surface area contributed by atoms with Crippen LogP contribution in [-0.4, -0.2) is 35.8 Å². The molecule has 0 bridgehead atoms. The first kappa shape index (κ1) is 14.1. The number of amides is 2. The quantitative estimate of drug-likeness (QED) is 0.393. The van der Waals surface area contributed by atoms with E-state index in [-0.39, 0.29) is 17.9 Å². The van der Waals surface area contributed by atoms with Crippen LogP contribution in [0, 0.1) is 0 Å². The zero-order valence-electron chi connectivity index (χ0n) is 9.60. The number of imide groups is 1. The van der Waals surface area contributed by atoms with Crippen molar-refractivity contribution in [2.24, 2.45) is 0 Å². The summed E-state index contributed by atoms with van der Waals surface area (Å²) in [6, 6.07) is -0.0324. The highest BCUT2D eigenvalue weighted by atomic mass is 16.5. The third kappa shape index (κ3) is 4.08. The van der Waals surface area contributed by atoms with Crippen molar-refractivity contribution in [3.8, 4) is 0 Å². The van der Waals surface area contributed by atoms with Crippen LogP contribution in [0.5, 0.6) is 0 Å². The third-order valence-electron chi connectivity index (χ3n) is 1.73. The van der Waals surface area contributed by atoms with Crippen molar-refractivity contribution >= 4 is 17.8 Å². The summed E-state index contributed by atoms with van der Waals surface area (Å²) in [5.41, 5.74) is 0. The molecule has 2 amide bonds. The largest absolute Gasteiger partial charge is 0.466 e. The molecule has 0 aromatic heterocycles. The highest BCUT2D eigenvalue weighted by Crippen LogP contribution is 2.07. The molecular formula is C11H15NO4. The van der Waals surface area contributed by atoms with Crippen molar-refractivity contribution in [2.75, 3.05) is 7.11 Å². The van der Waals surface area contributed by atoms with E-state index in [1.54, 1.807) is 0 Å². The van der Waals surface area contributed by atoms with Gasteiger partial charge in [0.2, 0.25) is 0 Å². The fraction of sp³-hybridized carbons (Fsp3) is 0.364. The molecule has 5 nitrogen and oxygen atoms in total. The molecule has 1 aliphatic heterocycles. The minimum Gasteiger partial charge on any atom is -0.466 e. The molecule has 1 heterocycles. The van der Waals surface area contributed by atoms with Crippen molar-refractivity contribution < 1.29 is 19.1 Å². The Balaban J connectivity index is 0.000000325. The number of ether oxygens (including phenoxy) is 1. The van der Waals surface area contributed by atoms with Gasteiger partial charge in [0.15, 0.2) is 0 Å². The normalized spacial score (nSPS) is 13.6. The minimum atomic E-state index is -0.394. The van der Waals surface area contributed by atoms with E-state index in [0.717, 1.165) is 6.08 Å². The van der Waals surface area contributed by atoms with Gasteiger partial charge in [-0.25, -0.2) is 4.79 Å². The molecule has 1 rings (SSSR count). The Bertz CT molecular complexity index is 313. The predicted octanol–water partition coefficient (Wildman–Crippen LogP) is 0.665. The Morgan fingerprint density at radius 3 is 1.94 bits per heavy atom. The van der Waals surface area contributed by atoms with Crippen LogP contribution >= 0.6 is 0 Å². The number of carbonyl (C=O) groups is 3. The molecule has 0 aromatic carbocycles. The zero-order chi connectivity index (χ0) is 12.7. The van der Waals surface area contributed by atoms with Gasteiger partial charge < -0.3 is 4.74 Å². The maximum atomic E-state index is 10.8. The first-order valence-electron chi connectivity index (χ1n) is 4.69. The Kier molecular flexibility index (Phi) is 5.77. The predicted molar refractivity (Wildman–Crippen MR) is 58.3 cm³/mol. The Morgan fingerprint density at radius 2 is 1.81 bits per heavy atom. The van der Waals surface area contributed by atoms with Gasteiger partial charge in [0, 0.05) is 24.3 Å². The first-order valence-corrected chi connectivity index (χ1v) is 4.69. The molecule has 0 saturated heterocycles.